The number of esters is 1. The molecule has 0 unspecified atom stereocenters. The number of carbonyl (C=O) groups is 1. The maximum Gasteiger partial charge on any atom is 0.325 e. The van der Waals surface area contributed by atoms with E-state index in [9.17, 15) is 9.59 Å². The Morgan fingerprint density at radius 2 is 2.26 bits per heavy atom. The Balaban J connectivity index is 2.79. The molecule has 19 heavy (non-hydrogen) atoms. The van der Waals surface area contributed by atoms with Crippen molar-refractivity contribution in [1.29, 1.82) is 0 Å². The molecule has 0 aromatic carbocycles. The summed E-state index contributed by atoms with van der Waals surface area (Å²) in [7, 11) is 5.15. The van der Waals surface area contributed by atoms with Gasteiger partial charge in [-0.15, -0.1) is 0 Å². The van der Waals surface area contributed by atoms with E-state index < -0.39 is 5.97 Å². The van der Waals surface area contributed by atoms with Gasteiger partial charge in [-0.25, -0.2) is 4.68 Å². The van der Waals surface area contributed by atoms with E-state index in [1.54, 1.807) is 0 Å². The van der Waals surface area contributed by atoms with Crippen molar-refractivity contribution < 1.29 is 9.53 Å². The van der Waals surface area contributed by atoms with Crippen LogP contribution >= 0.6 is 15.9 Å². The molecular formula is C11H17BrN4O3. The second kappa shape index (κ2) is 7.25. The van der Waals surface area contributed by atoms with Gasteiger partial charge in [0.2, 0.25) is 0 Å². The first kappa shape index (κ1) is 15.6. The molecule has 106 valence electrons. The molecule has 0 bridgehead atoms. The van der Waals surface area contributed by atoms with Crippen LogP contribution in [0.25, 0.3) is 0 Å². The summed E-state index contributed by atoms with van der Waals surface area (Å²) in [4.78, 5) is 25.0. The molecule has 0 spiro atoms. The standard InChI is InChI=1S/C11H17BrN4O3/c1-15(2)4-5-16-11(18)10(12)8(6-14-16)13-7-9(17)19-3/h6,13H,4-5,7H2,1-3H3. The van der Waals surface area contributed by atoms with Crippen LogP contribution in [-0.4, -0.2) is 54.9 Å². The zero-order valence-electron chi connectivity index (χ0n) is 11.1. The van der Waals surface area contributed by atoms with Gasteiger partial charge in [-0.1, -0.05) is 0 Å². The molecule has 1 N–H and O–H groups in total. The molecule has 7 nitrogen and oxygen atoms in total. The lowest BCUT2D eigenvalue weighted by atomic mass is 10.4. The third-order valence-electron chi connectivity index (χ3n) is 2.39. The summed E-state index contributed by atoms with van der Waals surface area (Å²) in [6.07, 6.45) is 1.50. The van der Waals surface area contributed by atoms with E-state index in [1.165, 1.54) is 18.0 Å². The lowest BCUT2D eigenvalue weighted by molar-refractivity contribution is -0.138. The lowest BCUT2D eigenvalue weighted by Gasteiger charge is -2.12. The van der Waals surface area contributed by atoms with Crippen molar-refractivity contribution in [2.75, 3.05) is 39.6 Å². The van der Waals surface area contributed by atoms with Gasteiger partial charge in [0.05, 0.1) is 25.5 Å². The van der Waals surface area contributed by atoms with Crippen molar-refractivity contribution >= 4 is 27.6 Å². The van der Waals surface area contributed by atoms with Gasteiger partial charge in [0.25, 0.3) is 5.56 Å². The van der Waals surface area contributed by atoms with Crippen molar-refractivity contribution in [3.63, 3.8) is 0 Å². The maximum atomic E-state index is 12.0. The summed E-state index contributed by atoms with van der Waals surface area (Å²) in [5, 5.41) is 6.84. The minimum Gasteiger partial charge on any atom is -0.468 e. The van der Waals surface area contributed by atoms with Gasteiger partial charge in [-0.05, 0) is 30.0 Å². The van der Waals surface area contributed by atoms with Gasteiger partial charge in [-0.3, -0.25) is 9.59 Å². The van der Waals surface area contributed by atoms with Crippen molar-refractivity contribution in [3.05, 3.63) is 21.0 Å². The number of halogens is 1. The highest BCUT2D eigenvalue weighted by Gasteiger charge is 2.10. The summed E-state index contributed by atoms with van der Waals surface area (Å²) in [6, 6.07) is 0. The Morgan fingerprint density at radius 1 is 1.58 bits per heavy atom. The normalized spacial score (nSPS) is 10.6. The van der Waals surface area contributed by atoms with E-state index in [1.807, 2.05) is 19.0 Å². The molecular weight excluding hydrogens is 316 g/mol. The van der Waals surface area contributed by atoms with Crippen LogP contribution in [0, 0.1) is 0 Å². The molecule has 1 rings (SSSR count). The molecule has 0 aliphatic heterocycles. The summed E-state index contributed by atoms with van der Waals surface area (Å²) in [5.74, 6) is -0.413. The molecule has 8 heteroatoms. The molecule has 0 atom stereocenters. The van der Waals surface area contributed by atoms with Crippen molar-refractivity contribution in [3.8, 4) is 0 Å². The molecule has 1 aromatic heterocycles. The minimum absolute atomic E-state index is 0.0159. The van der Waals surface area contributed by atoms with Crippen molar-refractivity contribution in [2.24, 2.45) is 0 Å². The van der Waals surface area contributed by atoms with E-state index in [0.29, 0.717) is 23.2 Å². The fourth-order valence-corrected chi connectivity index (χ4v) is 1.73. The van der Waals surface area contributed by atoms with Gasteiger partial charge in [0, 0.05) is 6.54 Å². The fourth-order valence-electron chi connectivity index (χ4n) is 1.28. The van der Waals surface area contributed by atoms with Gasteiger partial charge in [-0.2, -0.15) is 5.10 Å². The van der Waals surface area contributed by atoms with E-state index in [-0.39, 0.29) is 12.1 Å². The average molecular weight is 333 g/mol. The monoisotopic (exact) mass is 332 g/mol. The Hall–Kier alpha value is -1.41. The Kier molecular flexibility index (Phi) is 5.97. The number of anilines is 1. The predicted octanol–water partition coefficient (Wildman–Crippen LogP) is 0.152. The molecule has 0 saturated carbocycles. The Morgan fingerprint density at radius 3 is 2.84 bits per heavy atom. The lowest BCUT2D eigenvalue weighted by Crippen LogP contribution is -2.29. The summed E-state index contributed by atoms with van der Waals surface area (Å²) < 4.78 is 6.23. The van der Waals surface area contributed by atoms with Crippen LogP contribution in [0.1, 0.15) is 0 Å². The second-order valence-electron chi connectivity index (χ2n) is 4.13. The van der Waals surface area contributed by atoms with Gasteiger partial charge >= 0.3 is 5.97 Å². The SMILES string of the molecule is COC(=O)CNc1cnn(CCN(C)C)c(=O)c1Br. The number of methoxy groups -OCH3 is 1. The first-order valence-electron chi connectivity index (χ1n) is 5.66. The van der Waals surface area contributed by atoms with E-state index in [2.05, 4.69) is 31.1 Å². The molecule has 0 aliphatic rings. The van der Waals surface area contributed by atoms with Crippen LogP contribution < -0.4 is 10.9 Å². The quantitative estimate of drug-likeness (QED) is 0.747. The van der Waals surface area contributed by atoms with Crippen molar-refractivity contribution in [1.82, 2.24) is 14.7 Å². The fraction of sp³-hybridized carbons (Fsp3) is 0.545. The number of hydrogen-bond donors (Lipinski definition) is 1. The second-order valence-corrected chi connectivity index (χ2v) is 4.93. The third kappa shape index (κ3) is 4.64. The molecule has 0 amide bonds. The van der Waals surface area contributed by atoms with Crippen molar-refractivity contribution in [2.45, 2.75) is 6.54 Å². The molecule has 0 saturated heterocycles. The molecule has 0 radical (unpaired) electrons. The number of likely N-dealkylation sites (N-methyl/N-ethyl adjacent to an activating group) is 1. The van der Waals surface area contributed by atoms with E-state index in [4.69, 9.17) is 0 Å². The molecule has 1 heterocycles. The highest BCUT2D eigenvalue weighted by molar-refractivity contribution is 9.10. The summed E-state index contributed by atoms with van der Waals surface area (Å²) in [6.45, 7) is 1.20. The van der Waals surface area contributed by atoms with Crippen LogP contribution in [0.3, 0.4) is 0 Å². The van der Waals surface area contributed by atoms with Crippen LogP contribution in [0.5, 0.6) is 0 Å². The third-order valence-corrected chi connectivity index (χ3v) is 3.16. The molecule has 0 aliphatic carbocycles. The number of rotatable bonds is 6. The molecule has 1 aromatic rings. The molecule has 0 fully saturated rings. The number of ether oxygens (including phenoxy) is 1. The van der Waals surface area contributed by atoms with E-state index >= 15 is 0 Å². The largest absolute Gasteiger partial charge is 0.468 e. The minimum atomic E-state index is -0.413. The average Bonchev–Trinajstić information content (AvgIpc) is 2.38. The first-order chi connectivity index (χ1) is 8.95. The number of carbonyl (C=O) groups excluding carboxylic acids is 1. The maximum absolute atomic E-state index is 12.0. The number of hydrogen-bond acceptors (Lipinski definition) is 6. The van der Waals surface area contributed by atoms with Crippen LogP contribution in [0.2, 0.25) is 0 Å². The Bertz CT molecular complexity index is 501. The van der Waals surface area contributed by atoms with Crippen LogP contribution in [0.15, 0.2) is 15.5 Å². The summed E-state index contributed by atoms with van der Waals surface area (Å²) in [5.41, 5.74) is 0.230. The van der Waals surface area contributed by atoms with E-state index in [0.717, 1.165) is 0 Å². The first-order valence-corrected chi connectivity index (χ1v) is 6.46. The zero-order chi connectivity index (χ0) is 14.4. The number of aromatic nitrogens is 2. The zero-order valence-corrected chi connectivity index (χ0v) is 12.7. The number of nitrogens with one attached hydrogen (secondary N) is 1. The van der Waals surface area contributed by atoms with Gasteiger partial charge in [0.1, 0.15) is 11.0 Å². The highest BCUT2D eigenvalue weighted by Crippen LogP contribution is 2.15. The van der Waals surface area contributed by atoms with Crippen LogP contribution in [0.4, 0.5) is 5.69 Å². The van der Waals surface area contributed by atoms with Crippen LogP contribution in [-0.2, 0) is 16.1 Å². The summed E-state index contributed by atoms with van der Waals surface area (Å²) >= 11 is 3.21. The smallest absolute Gasteiger partial charge is 0.325 e. The number of nitrogens with zero attached hydrogens (tertiary/aromatic N) is 3. The predicted molar refractivity (Wildman–Crippen MR) is 75.3 cm³/mol. The highest BCUT2D eigenvalue weighted by atomic mass is 79.9. The van der Waals surface area contributed by atoms with Gasteiger partial charge < -0.3 is 15.0 Å². The topological polar surface area (TPSA) is 76.5 Å². The van der Waals surface area contributed by atoms with Gasteiger partial charge in [0.15, 0.2) is 0 Å². The Labute approximate surface area is 119 Å².